The third-order valence-electron chi connectivity index (χ3n) is 5.23. The van der Waals surface area contributed by atoms with Gasteiger partial charge >= 0.3 is 5.69 Å². The summed E-state index contributed by atoms with van der Waals surface area (Å²) in [6.45, 7) is 4.06. The van der Waals surface area contributed by atoms with Gasteiger partial charge in [0.2, 0.25) is 0 Å². The quantitative estimate of drug-likeness (QED) is 0.416. The highest BCUT2D eigenvalue weighted by molar-refractivity contribution is 6.31. The van der Waals surface area contributed by atoms with Crippen LogP contribution in [0.3, 0.4) is 0 Å². The van der Waals surface area contributed by atoms with Gasteiger partial charge in [-0.1, -0.05) is 35.9 Å². The summed E-state index contributed by atoms with van der Waals surface area (Å²) in [5.74, 6) is 0.540. The van der Waals surface area contributed by atoms with Crippen LogP contribution in [0.4, 0.5) is 0 Å². The Morgan fingerprint density at radius 3 is 2.41 bits per heavy atom. The molecule has 8 heteroatoms. The second-order valence-electron chi connectivity index (χ2n) is 7.48. The van der Waals surface area contributed by atoms with Crippen molar-refractivity contribution in [2.45, 2.75) is 20.5 Å². The van der Waals surface area contributed by atoms with Crippen molar-refractivity contribution in [2.24, 2.45) is 7.05 Å². The number of carbonyl (C=O) groups excluding carboxylic acids is 1. The first-order chi connectivity index (χ1) is 15.3. The summed E-state index contributed by atoms with van der Waals surface area (Å²) in [7, 11) is 1.55. The van der Waals surface area contributed by atoms with Crippen molar-refractivity contribution in [1.82, 2.24) is 19.8 Å². The van der Waals surface area contributed by atoms with Crippen LogP contribution >= 0.6 is 11.6 Å². The normalized spacial score (nSPS) is 10.9. The van der Waals surface area contributed by atoms with Crippen LogP contribution < -0.4 is 10.4 Å². The first-order valence-corrected chi connectivity index (χ1v) is 10.3. The second kappa shape index (κ2) is 8.80. The minimum Gasteiger partial charge on any atom is -0.489 e. The molecule has 0 saturated heterocycles. The highest BCUT2D eigenvalue weighted by Crippen LogP contribution is 2.25. The zero-order chi connectivity index (χ0) is 22.8. The minimum absolute atomic E-state index is 0.106. The number of aryl methyl sites for hydroxylation is 3. The molecule has 0 aliphatic carbocycles. The van der Waals surface area contributed by atoms with Crippen LogP contribution in [0.1, 0.15) is 32.6 Å². The Labute approximate surface area is 189 Å². The lowest BCUT2D eigenvalue weighted by atomic mass is 10.0. The zero-order valence-electron chi connectivity index (χ0n) is 17.9. The Hall–Kier alpha value is -3.71. The Bertz CT molecular complexity index is 1370. The molecule has 0 amide bonds. The average molecular weight is 449 g/mol. The number of halogens is 1. The van der Waals surface area contributed by atoms with Crippen LogP contribution in [0.15, 0.2) is 65.5 Å². The maximum atomic E-state index is 12.8. The summed E-state index contributed by atoms with van der Waals surface area (Å²) in [6, 6.07) is 17.8. The van der Waals surface area contributed by atoms with Crippen molar-refractivity contribution in [1.29, 1.82) is 0 Å². The lowest BCUT2D eigenvalue weighted by Crippen LogP contribution is -2.23. The number of hydrogen-bond donors (Lipinski definition) is 0. The number of nitrogens with zero attached hydrogens (tertiary/aromatic N) is 4. The molecular weight excluding hydrogens is 428 g/mol. The lowest BCUT2D eigenvalue weighted by molar-refractivity contribution is 0.103. The molecule has 1 heterocycles. The van der Waals surface area contributed by atoms with Crippen LogP contribution in [0, 0.1) is 13.8 Å². The predicted molar refractivity (Wildman–Crippen MR) is 122 cm³/mol. The molecule has 4 aromatic rings. The van der Waals surface area contributed by atoms with Gasteiger partial charge in [0.25, 0.3) is 0 Å². The first-order valence-electron chi connectivity index (χ1n) is 9.97. The Morgan fingerprint density at radius 1 is 0.969 bits per heavy atom. The van der Waals surface area contributed by atoms with E-state index in [1.807, 2.05) is 26.0 Å². The molecule has 0 aliphatic heterocycles. The standard InChI is InChI=1S/C24H21ClN4O3/c1-15-6-4-9-21(29-24(31)28(3)26-27-29)20(15)14-32-22-11-10-18(12-16(22)2)23(30)17-7-5-8-19(25)13-17/h4-13H,14H2,1-3H3. The van der Waals surface area contributed by atoms with Crippen LogP contribution in [0.25, 0.3) is 5.69 Å². The maximum Gasteiger partial charge on any atom is 0.368 e. The van der Waals surface area contributed by atoms with Gasteiger partial charge in [-0.2, -0.15) is 9.36 Å². The number of ether oxygens (including phenoxy) is 1. The molecule has 0 radical (unpaired) electrons. The average Bonchev–Trinajstić information content (AvgIpc) is 3.11. The molecule has 0 N–H and O–H groups in total. The van der Waals surface area contributed by atoms with E-state index in [4.69, 9.17) is 16.3 Å². The van der Waals surface area contributed by atoms with Crippen LogP contribution in [0.2, 0.25) is 5.02 Å². The van der Waals surface area contributed by atoms with Crippen molar-refractivity contribution in [3.05, 3.63) is 104 Å². The van der Waals surface area contributed by atoms with E-state index in [0.717, 1.165) is 16.7 Å². The molecule has 0 bridgehead atoms. The van der Waals surface area contributed by atoms with Crippen molar-refractivity contribution in [3.8, 4) is 11.4 Å². The number of carbonyl (C=O) groups is 1. The molecule has 0 unspecified atom stereocenters. The summed E-state index contributed by atoms with van der Waals surface area (Å²) in [5, 5.41) is 8.25. The number of hydrogen-bond acceptors (Lipinski definition) is 5. The van der Waals surface area contributed by atoms with E-state index < -0.39 is 0 Å². The molecule has 3 aromatic carbocycles. The van der Waals surface area contributed by atoms with Gasteiger partial charge in [-0.05, 0) is 71.8 Å². The van der Waals surface area contributed by atoms with E-state index in [1.54, 1.807) is 55.6 Å². The van der Waals surface area contributed by atoms with Crippen molar-refractivity contribution in [3.63, 3.8) is 0 Å². The van der Waals surface area contributed by atoms with Gasteiger partial charge in [-0.3, -0.25) is 4.79 Å². The van der Waals surface area contributed by atoms with Gasteiger partial charge in [-0.15, -0.1) is 0 Å². The number of ketones is 1. The van der Waals surface area contributed by atoms with E-state index in [0.29, 0.717) is 27.6 Å². The van der Waals surface area contributed by atoms with Crippen molar-refractivity contribution < 1.29 is 9.53 Å². The van der Waals surface area contributed by atoms with Gasteiger partial charge in [0.15, 0.2) is 5.78 Å². The van der Waals surface area contributed by atoms with Gasteiger partial charge in [0.1, 0.15) is 12.4 Å². The van der Waals surface area contributed by atoms with Crippen LogP contribution in [0.5, 0.6) is 5.75 Å². The second-order valence-corrected chi connectivity index (χ2v) is 7.91. The molecule has 162 valence electrons. The lowest BCUT2D eigenvalue weighted by Gasteiger charge is -2.15. The van der Waals surface area contributed by atoms with E-state index in [9.17, 15) is 9.59 Å². The monoisotopic (exact) mass is 448 g/mol. The summed E-state index contributed by atoms with van der Waals surface area (Å²) in [5.41, 5.74) is 3.98. The smallest absolute Gasteiger partial charge is 0.368 e. The SMILES string of the molecule is Cc1cc(C(=O)c2cccc(Cl)c2)ccc1OCc1c(C)cccc1-n1nnn(C)c1=O. The van der Waals surface area contributed by atoms with Gasteiger partial charge in [-0.25, -0.2) is 4.79 Å². The van der Waals surface area contributed by atoms with Crippen LogP contribution in [-0.2, 0) is 13.7 Å². The highest BCUT2D eigenvalue weighted by Gasteiger charge is 2.15. The van der Waals surface area contributed by atoms with E-state index in [1.165, 1.54) is 9.36 Å². The maximum absolute atomic E-state index is 12.8. The van der Waals surface area contributed by atoms with E-state index >= 15 is 0 Å². The van der Waals surface area contributed by atoms with Crippen molar-refractivity contribution >= 4 is 17.4 Å². The minimum atomic E-state index is -0.336. The largest absolute Gasteiger partial charge is 0.489 e. The third kappa shape index (κ3) is 4.20. The number of tetrazole rings is 1. The highest BCUT2D eigenvalue weighted by atomic mass is 35.5. The topological polar surface area (TPSA) is 79.0 Å². The molecule has 7 nitrogen and oxygen atoms in total. The van der Waals surface area contributed by atoms with Gasteiger partial charge < -0.3 is 4.74 Å². The molecule has 0 atom stereocenters. The molecule has 0 spiro atoms. The number of benzene rings is 3. The zero-order valence-corrected chi connectivity index (χ0v) is 18.6. The van der Waals surface area contributed by atoms with E-state index in [-0.39, 0.29) is 18.1 Å². The summed E-state index contributed by atoms with van der Waals surface area (Å²) in [4.78, 5) is 25.1. The third-order valence-corrected chi connectivity index (χ3v) is 5.47. The molecule has 0 aliphatic rings. The molecule has 0 fully saturated rings. The summed E-state index contributed by atoms with van der Waals surface area (Å²) in [6.07, 6.45) is 0. The molecular formula is C24H21ClN4O3. The fourth-order valence-corrected chi connectivity index (χ4v) is 3.63. The molecule has 32 heavy (non-hydrogen) atoms. The Morgan fingerprint density at radius 2 is 1.72 bits per heavy atom. The molecule has 0 saturated carbocycles. The fourth-order valence-electron chi connectivity index (χ4n) is 3.44. The van der Waals surface area contributed by atoms with Crippen LogP contribution in [-0.4, -0.2) is 25.6 Å². The number of aromatic nitrogens is 4. The molecule has 4 rings (SSSR count). The molecule has 1 aromatic heterocycles. The predicted octanol–water partition coefficient (Wildman–Crippen LogP) is 4.05. The van der Waals surface area contributed by atoms with E-state index in [2.05, 4.69) is 10.4 Å². The fraction of sp³-hybridized carbons (Fsp3) is 0.167. The van der Waals surface area contributed by atoms with Crippen molar-refractivity contribution in [2.75, 3.05) is 0 Å². The number of rotatable bonds is 6. The Kier molecular flexibility index (Phi) is 5.92. The summed E-state index contributed by atoms with van der Waals surface area (Å²) >= 11 is 6.01. The van der Waals surface area contributed by atoms with Gasteiger partial charge in [0.05, 0.1) is 5.69 Å². The van der Waals surface area contributed by atoms with Gasteiger partial charge in [0, 0.05) is 28.8 Å². The first kappa shape index (κ1) is 21.5. The Balaban J connectivity index is 1.58. The summed E-state index contributed by atoms with van der Waals surface area (Å²) < 4.78 is 8.50.